The third-order valence-corrected chi connectivity index (χ3v) is 6.33. The fourth-order valence-corrected chi connectivity index (χ4v) is 4.54. The van der Waals surface area contributed by atoms with Gasteiger partial charge in [-0.1, -0.05) is 6.07 Å². The van der Waals surface area contributed by atoms with E-state index in [0.29, 0.717) is 47.3 Å². The Morgan fingerprint density at radius 1 is 1.21 bits per heavy atom. The van der Waals surface area contributed by atoms with E-state index in [4.69, 9.17) is 23.5 Å². The van der Waals surface area contributed by atoms with E-state index in [0.717, 1.165) is 15.7 Å². The minimum Gasteiger partial charge on any atom is -0.493 e. The average Bonchev–Trinajstić information content (AvgIpc) is 2.95. The summed E-state index contributed by atoms with van der Waals surface area (Å²) in [6.07, 6.45) is 2.25. The molecular formula is C25H25N4O3S+. The molecule has 0 atom stereocenters. The molecule has 2 aromatic carbocycles. The van der Waals surface area contributed by atoms with Crippen LogP contribution < -0.4 is 14.4 Å². The van der Waals surface area contributed by atoms with Gasteiger partial charge in [0.05, 0.1) is 18.6 Å². The van der Waals surface area contributed by atoms with Gasteiger partial charge in [0, 0.05) is 29.1 Å². The van der Waals surface area contributed by atoms with Gasteiger partial charge in [-0.3, -0.25) is 14.9 Å². The van der Waals surface area contributed by atoms with Crippen molar-refractivity contribution < 1.29 is 19.5 Å². The molecule has 1 aliphatic heterocycles. The van der Waals surface area contributed by atoms with Gasteiger partial charge in [-0.2, -0.15) is 0 Å². The number of fused-ring (bicyclic) bond motifs is 1. The van der Waals surface area contributed by atoms with Gasteiger partial charge >= 0.3 is 0 Å². The number of ether oxygens (including phenoxy) is 1. The molecule has 0 unspecified atom stereocenters. The molecule has 33 heavy (non-hydrogen) atoms. The van der Waals surface area contributed by atoms with Crippen molar-refractivity contribution in [3.8, 4) is 5.75 Å². The zero-order valence-electron chi connectivity index (χ0n) is 18.8. The third kappa shape index (κ3) is 4.08. The summed E-state index contributed by atoms with van der Waals surface area (Å²) in [4.78, 5) is 20.2. The predicted octanol–water partition coefficient (Wildman–Crippen LogP) is 4.41. The number of anilines is 1. The van der Waals surface area contributed by atoms with Gasteiger partial charge in [-0.15, -0.1) is 0 Å². The van der Waals surface area contributed by atoms with E-state index >= 15 is 0 Å². The van der Waals surface area contributed by atoms with Gasteiger partial charge in [-0.25, -0.2) is 4.85 Å². The highest BCUT2D eigenvalue weighted by Crippen LogP contribution is 2.34. The molecule has 168 valence electrons. The van der Waals surface area contributed by atoms with E-state index in [1.165, 1.54) is 0 Å². The number of benzene rings is 2. The normalized spacial score (nSPS) is 15.2. The van der Waals surface area contributed by atoms with E-state index in [1.807, 2.05) is 49.9 Å². The van der Waals surface area contributed by atoms with Crippen LogP contribution in [0.2, 0.25) is 0 Å². The first kappa shape index (κ1) is 22.5. The van der Waals surface area contributed by atoms with E-state index in [9.17, 15) is 10.0 Å². The van der Waals surface area contributed by atoms with Crippen molar-refractivity contribution in [3.63, 3.8) is 0 Å². The van der Waals surface area contributed by atoms with Gasteiger partial charge in [0.15, 0.2) is 10.8 Å². The smallest absolute Gasteiger partial charge is 0.264 e. The number of hydrogen-bond donors (Lipinski definition) is 1. The second-order valence-electron chi connectivity index (χ2n) is 8.49. The zero-order valence-corrected chi connectivity index (χ0v) is 19.6. The number of nitrogens with zero attached hydrogens (tertiary/aromatic N) is 4. The molecule has 8 heteroatoms. The van der Waals surface area contributed by atoms with Gasteiger partial charge in [0.1, 0.15) is 11.3 Å². The van der Waals surface area contributed by atoms with Crippen LogP contribution in [-0.4, -0.2) is 39.8 Å². The Morgan fingerprint density at radius 2 is 2.00 bits per heavy atom. The van der Waals surface area contributed by atoms with Crippen molar-refractivity contribution in [2.45, 2.75) is 32.7 Å². The van der Waals surface area contributed by atoms with E-state index in [2.05, 4.69) is 4.85 Å². The number of hydrogen-bond acceptors (Lipinski definition) is 4. The maximum absolute atomic E-state index is 13.2. The molecule has 0 bridgehead atoms. The Labute approximate surface area is 198 Å². The summed E-state index contributed by atoms with van der Waals surface area (Å²) in [7, 11) is 0. The number of amides is 1. The quantitative estimate of drug-likeness (QED) is 0.194. The van der Waals surface area contributed by atoms with Crippen LogP contribution >= 0.6 is 12.2 Å². The lowest BCUT2D eigenvalue weighted by Crippen LogP contribution is -2.44. The SMILES string of the molecule is [C-]#[N+]c1ccc(N2C(=O)C(C)(C)N(CCCOc3ccc4c(ccc[n+]4O)c3)C2=S)cc1C. The van der Waals surface area contributed by atoms with Crippen LogP contribution in [0, 0.1) is 13.5 Å². The highest BCUT2D eigenvalue weighted by Gasteiger charge is 2.49. The van der Waals surface area contributed by atoms with Crippen LogP contribution in [0.4, 0.5) is 11.4 Å². The Bertz CT molecular complexity index is 1300. The first-order chi connectivity index (χ1) is 15.7. The van der Waals surface area contributed by atoms with Crippen LogP contribution in [0.1, 0.15) is 25.8 Å². The second-order valence-corrected chi connectivity index (χ2v) is 8.86. The molecule has 1 amide bonds. The Kier molecular flexibility index (Phi) is 5.91. The summed E-state index contributed by atoms with van der Waals surface area (Å²) in [6, 6.07) is 14.5. The summed E-state index contributed by atoms with van der Waals surface area (Å²) >= 11 is 5.69. The summed E-state index contributed by atoms with van der Waals surface area (Å²) < 4.78 is 6.99. The van der Waals surface area contributed by atoms with Crippen LogP contribution in [0.5, 0.6) is 5.75 Å². The molecule has 0 saturated carbocycles. The van der Waals surface area contributed by atoms with Gasteiger partial charge in [-0.05, 0) is 75.3 Å². The molecule has 1 aliphatic rings. The van der Waals surface area contributed by atoms with E-state index < -0.39 is 5.54 Å². The second kappa shape index (κ2) is 8.68. The Morgan fingerprint density at radius 3 is 2.73 bits per heavy atom. The van der Waals surface area contributed by atoms with Crippen molar-refractivity contribution in [3.05, 3.63) is 71.7 Å². The fraction of sp³-hybridized carbons (Fsp3) is 0.280. The molecule has 2 heterocycles. The Balaban J connectivity index is 1.43. The molecule has 0 aliphatic carbocycles. The predicted molar refractivity (Wildman–Crippen MR) is 130 cm³/mol. The summed E-state index contributed by atoms with van der Waals surface area (Å²) in [6.45, 7) is 13.9. The topological polar surface area (TPSA) is 61.2 Å². The van der Waals surface area contributed by atoms with Crippen molar-refractivity contribution >= 4 is 45.5 Å². The van der Waals surface area contributed by atoms with E-state index in [1.54, 1.807) is 35.4 Å². The van der Waals surface area contributed by atoms with E-state index in [-0.39, 0.29) is 5.91 Å². The minimum atomic E-state index is -0.777. The number of aromatic nitrogens is 1. The van der Waals surface area contributed by atoms with Crippen molar-refractivity contribution in [2.24, 2.45) is 0 Å². The molecule has 1 fully saturated rings. The molecule has 1 aromatic heterocycles. The van der Waals surface area contributed by atoms with Crippen LogP contribution in [0.25, 0.3) is 15.7 Å². The van der Waals surface area contributed by atoms with Crippen molar-refractivity contribution in [1.29, 1.82) is 0 Å². The lowest BCUT2D eigenvalue weighted by Gasteiger charge is -2.29. The standard InChI is InChI=1S/C25H25N4O3S/c1-17-15-19(8-10-21(17)26-4)29-23(30)25(2,3)27(24(29)33)12-6-14-32-20-9-11-22-18(16-20)7-5-13-28(22)31/h5,7-11,13,15-16,31H,6,12,14H2,1-3H3/q+1. The molecular weight excluding hydrogens is 436 g/mol. The number of thiocarbonyl (C=S) groups is 1. The molecule has 0 spiro atoms. The largest absolute Gasteiger partial charge is 0.493 e. The monoisotopic (exact) mass is 461 g/mol. The number of carbonyl (C=O) groups excluding carboxylic acids is 1. The summed E-state index contributed by atoms with van der Waals surface area (Å²) in [5.74, 6) is 0.625. The maximum atomic E-state index is 13.2. The summed E-state index contributed by atoms with van der Waals surface area (Å²) in [5, 5.41) is 11.2. The lowest BCUT2D eigenvalue weighted by molar-refractivity contribution is -0.884. The third-order valence-electron chi connectivity index (χ3n) is 5.93. The van der Waals surface area contributed by atoms with Crippen LogP contribution in [0.15, 0.2) is 54.7 Å². The number of pyridine rings is 1. The maximum Gasteiger partial charge on any atom is 0.264 e. The molecule has 7 nitrogen and oxygen atoms in total. The van der Waals surface area contributed by atoms with Gasteiger partial charge < -0.3 is 9.64 Å². The highest BCUT2D eigenvalue weighted by atomic mass is 32.1. The van der Waals surface area contributed by atoms with Gasteiger partial charge in [0.25, 0.3) is 11.4 Å². The Hall–Kier alpha value is -3.70. The molecule has 1 N–H and O–H groups in total. The molecule has 4 rings (SSSR count). The van der Waals surface area contributed by atoms with Gasteiger partial charge in [0.2, 0.25) is 6.20 Å². The number of carbonyl (C=O) groups is 1. The molecule has 0 radical (unpaired) electrons. The first-order valence-corrected chi connectivity index (χ1v) is 11.1. The highest BCUT2D eigenvalue weighted by molar-refractivity contribution is 7.80. The first-order valence-electron chi connectivity index (χ1n) is 10.6. The van der Waals surface area contributed by atoms with Crippen molar-refractivity contribution in [2.75, 3.05) is 18.1 Å². The number of aryl methyl sites for hydroxylation is 1. The van der Waals surface area contributed by atoms with Crippen LogP contribution in [-0.2, 0) is 4.79 Å². The minimum absolute atomic E-state index is 0.0878. The van der Waals surface area contributed by atoms with Crippen molar-refractivity contribution in [1.82, 2.24) is 4.90 Å². The molecule has 3 aromatic rings. The molecule has 1 saturated heterocycles. The summed E-state index contributed by atoms with van der Waals surface area (Å²) in [5.41, 5.74) is 1.98. The fourth-order valence-electron chi connectivity index (χ4n) is 4.03. The number of rotatable bonds is 6. The van der Waals surface area contributed by atoms with Crippen LogP contribution in [0.3, 0.4) is 0 Å². The average molecular weight is 462 g/mol. The lowest BCUT2D eigenvalue weighted by atomic mass is 10.0. The zero-order chi connectivity index (χ0) is 23.8.